The van der Waals surface area contributed by atoms with Crippen LogP contribution in [0.4, 0.5) is 11.6 Å². The number of hydrogen-bond donors (Lipinski definition) is 1. The second-order valence-corrected chi connectivity index (χ2v) is 6.81. The minimum atomic E-state index is 0.641. The molecule has 2 aliphatic rings. The molecule has 4 heterocycles. The molecular weight excluding hydrogens is 316 g/mol. The van der Waals surface area contributed by atoms with E-state index in [0.717, 1.165) is 31.1 Å². The van der Waals surface area contributed by atoms with Gasteiger partial charge in [-0.1, -0.05) is 0 Å². The summed E-state index contributed by atoms with van der Waals surface area (Å²) in [5, 5.41) is 3.18. The van der Waals surface area contributed by atoms with E-state index in [9.17, 15) is 0 Å². The molecule has 132 valence electrons. The van der Waals surface area contributed by atoms with Gasteiger partial charge in [0, 0.05) is 36.8 Å². The predicted molar refractivity (Wildman–Crippen MR) is 94.6 cm³/mol. The Morgan fingerprint density at radius 2 is 2.00 bits per heavy atom. The third kappa shape index (κ3) is 4.29. The summed E-state index contributed by atoms with van der Waals surface area (Å²) >= 11 is 0. The zero-order valence-corrected chi connectivity index (χ0v) is 14.3. The van der Waals surface area contributed by atoms with Crippen molar-refractivity contribution >= 4 is 11.6 Å². The molecule has 1 atom stereocenters. The molecule has 0 aromatic carbocycles. The number of ether oxygens (including phenoxy) is 1. The van der Waals surface area contributed by atoms with Gasteiger partial charge in [0.1, 0.15) is 18.0 Å². The number of nitrogens with zero attached hydrogens (tertiary/aromatic N) is 5. The van der Waals surface area contributed by atoms with E-state index in [-0.39, 0.29) is 0 Å². The first-order valence-corrected chi connectivity index (χ1v) is 9.02. The second kappa shape index (κ2) is 7.84. The molecule has 0 bridgehead atoms. The second-order valence-electron chi connectivity index (χ2n) is 6.81. The highest BCUT2D eigenvalue weighted by Gasteiger charge is 2.27. The molecule has 7 heteroatoms. The van der Waals surface area contributed by atoms with Crippen molar-refractivity contribution < 1.29 is 4.74 Å². The van der Waals surface area contributed by atoms with Gasteiger partial charge in [-0.2, -0.15) is 0 Å². The Morgan fingerprint density at radius 3 is 2.76 bits per heavy atom. The van der Waals surface area contributed by atoms with Gasteiger partial charge < -0.3 is 10.1 Å². The number of anilines is 2. The lowest BCUT2D eigenvalue weighted by Crippen LogP contribution is -2.42. The van der Waals surface area contributed by atoms with Crippen molar-refractivity contribution in [1.29, 1.82) is 0 Å². The average molecular weight is 340 g/mol. The number of nitrogens with one attached hydrogen (secondary N) is 1. The Kier molecular flexibility index (Phi) is 5.13. The Hall–Kier alpha value is -2.12. The first kappa shape index (κ1) is 16.4. The molecule has 2 aromatic heterocycles. The van der Waals surface area contributed by atoms with E-state index >= 15 is 0 Å². The maximum atomic E-state index is 5.52. The number of hydrogen-bond acceptors (Lipinski definition) is 7. The Labute approximate surface area is 147 Å². The van der Waals surface area contributed by atoms with Crippen LogP contribution in [-0.2, 0) is 11.2 Å². The minimum absolute atomic E-state index is 0.641. The maximum Gasteiger partial charge on any atom is 0.150 e. The molecule has 1 unspecified atom stereocenters. The third-order valence-electron chi connectivity index (χ3n) is 5.11. The van der Waals surface area contributed by atoms with Gasteiger partial charge in [0.2, 0.25) is 0 Å². The molecule has 0 radical (unpaired) electrons. The van der Waals surface area contributed by atoms with Crippen molar-refractivity contribution in [3.8, 4) is 0 Å². The lowest BCUT2D eigenvalue weighted by Gasteiger charge is -2.35. The Bertz CT molecular complexity index is 668. The smallest absolute Gasteiger partial charge is 0.150 e. The van der Waals surface area contributed by atoms with E-state index in [4.69, 9.17) is 4.74 Å². The summed E-state index contributed by atoms with van der Waals surface area (Å²) in [5.74, 6) is 2.16. The third-order valence-corrected chi connectivity index (χ3v) is 5.11. The number of likely N-dealkylation sites (tertiary alicyclic amines) is 1. The topological polar surface area (TPSA) is 76.1 Å². The Balaban J connectivity index is 1.31. The molecule has 0 aliphatic carbocycles. The first-order chi connectivity index (χ1) is 12.4. The van der Waals surface area contributed by atoms with Gasteiger partial charge >= 0.3 is 0 Å². The molecule has 25 heavy (non-hydrogen) atoms. The van der Waals surface area contributed by atoms with Crippen LogP contribution in [0.25, 0.3) is 0 Å². The van der Waals surface area contributed by atoms with Crippen LogP contribution < -0.4 is 5.32 Å². The largest absolute Gasteiger partial charge is 0.380 e. The molecule has 0 amide bonds. The van der Waals surface area contributed by atoms with Crippen LogP contribution in [0.3, 0.4) is 0 Å². The monoisotopic (exact) mass is 340 g/mol. The van der Waals surface area contributed by atoms with E-state index in [1.54, 1.807) is 24.9 Å². The summed E-state index contributed by atoms with van der Waals surface area (Å²) in [6.07, 6.45) is 11.3. The van der Waals surface area contributed by atoms with Gasteiger partial charge in [-0.25, -0.2) is 15.0 Å². The van der Waals surface area contributed by atoms with E-state index in [1.807, 2.05) is 6.07 Å². The molecule has 7 nitrogen and oxygen atoms in total. The molecule has 0 saturated carbocycles. The molecule has 2 saturated heterocycles. The summed E-state index contributed by atoms with van der Waals surface area (Å²) in [4.78, 5) is 19.6. The van der Waals surface area contributed by atoms with Crippen LogP contribution in [0.5, 0.6) is 0 Å². The summed E-state index contributed by atoms with van der Waals surface area (Å²) in [6.45, 7) is 4.18. The summed E-state index contributed by atoms with van der Waals surface area (Å²) in [7, 11) is 0. The van der Waals surface area contributed by atoms with Crippen LogP contribution in [0.1, 0.15) is 25.0 Å². The highest BCUT2D eigenvalue weighted by atomic mass is 16.5. The van der Waals surface area contributed by atoms with Crippen LogP contribution >= 0.6 is 0 Å². The average Bonchev–Trinajstić information content (AvgIpc) is 3.18. The van der Waals surface area contributed by atoms with E-state index in [2.05, 4.69) is 30.2 Å². The first-order valence-electron chi connectivity index (χ1n) is 9.02. The highest BCUT2D eigenvalue weighted by Crippen LogP contribution is 2.25. The fourth-order valence-electron chi connectivity index (χ4n) is 3.70. The lowest BCUT2D eigenvalue weighted by molar-refractivity contribution is 0.110. The number of piperidine rings is 1. The van der Waals surface area contributed by atoms with Gasteiger partial charge in [-0.3, -0.25) is 9.88 Å². The quantitative estimate of drug-likeness (QED) is 0.892. The van der Waals surface area contributed by atoms with Crippen LogP contribution in [-0.4, -0.2) is 57.2 Å². The zero-order valence-electron chi connectivity index (χ0n) is 14.3. The number of rotatable bonds is 5. The lowest BCUT2D eigenvalue weighted by atomic mass is 9.91. The van der Waals surface area contributed by atoms with Gasteiger partial charge in [-0.05, 0) is 44.7 Å². The normalized spacial score (nSPS) is 22.2. The fraction of sp³-hybridized carbons (Fsp3) is 0.556. The molecule has 2 aliphatic heterocycles. The van der Waals surface area contributed by atoms with Gasteiger partial charge in [0.15, 0.2) is 0 Å². The van der Waals surface area contributed by atoms with Gasteiger partial charge in [0.25, 0.3) is 0 Å². The summed E-state index contributed by atoms with van der Waals surface area (Å²) < 4.78 is 5.52. The van der Waals surface area contributed by atoms with E-state index < -0.39 is 0 Å². The van der Waals surface area contributed by atoms with E-state index in [0.29, 0.717) is 17.8 Å². The predicted octanol–water partition coefficient (Wildman–Crippen LogP) is 2.05. The van der Waals surface area contributed by atoms with E-state index in [1.165, 1.54) is 32.4 Å². The van der Waals surface area contributed by atoms with Crippen LogP contribution in [0, 0.1) is 5.92 Å². The zero-order chi connectivity index (χ0) is 16.9. The van der Waals surface area contributed by atoms with Crippen LogP contribution in [0.15, 0.2) is 31.0 Å². The summed E-state index contributed by atoms with van der Waals surface area (Å²) in [5.41, 5.74) is 1.09. The summed E-state index contributed by atoms with van der Waals surface area (Å²) in [6, 6.07) is 2.66. The molecule has 2 fully saturated rings. The molecular formula is C18H24N6O. The van der Waals surface area contributed by atoms with Crippen molar-refractivity contribution in [2.45, 2.75) is 31.7 Å². The molecule has 4 rings (SSSR count). The van der Waals surface area contributed by atoms with Crippen molar-refractivity contribution in [2.75, 3.05) is 31.6 Å². The van der Waals surface area contributed by atoms with Crippen molar-refractivity contribution in [2.24, 2.45) is 5.92 Å². The highest BCUT2D eigenvalue weighted by molar-refractivity contribution is 5.49. The Morgan fingerprint density at radius 1 is 1.08 bits per heavy atom. The standard InChI is InChI=1S/C18H24N6O/c1-6-24(16-3-8-25-12-16)7-2-14(1)9-15-10-17(22-13-21-15)23-18-11-19-4-5-20-18/h4-5,10-11,13-14,16H,1-3,6-9,12H2,(H,20,21,22,23). The van der Waals surface area contributed by atoms with Crippen LogP contribution in [0.2, 0.25) is 0 Å². The number of aromatic nitrogens is 4. The maximum absolute atomic E-state index is 5.52. The molecule has 1 N–H and O–H groups in total. The van der Waals surface area contributed by atoms with Gasteiger partial charge in [-0.15, -0.1) is 0 Å². The van der Waals surface area contributed by atoms with Gasteiger partial charge in [0.05, 0.1) is 12.8 Å². The fourth-order valence-corrected chi connectivity index (χ4v) is 3.70. The van der Waals surface area contributed by atoms with Crippen molar-refractivity contribution in [3.63, 3.8) is 0 Å². The molecule has 0 spiro atoms. The minimum Gasteiger partial charge on any atom is -0.380 e. The van der Waals surface area contributed by atoms with Crippen molar-refractivity contribution in [1.82, 2.24) is 24.8 Å². The SMILES string of the molecule is c1cnc(Nc2cc(CC3CCN(C4CCOC4)CC3)ncn2)cn1. The molecule has 2 aromatic rings. The van der Waals surface area contributed by atoms with Crippen molar-refractivity contribution in [3.05, 3.63) is 36.7 Å².